The van der Waals surface area contributed by atoms with Gasteiger partial charge in [-0.3, -0.25) is 29.9 Å². The quantitative estimate of drug-likeness (QED) is 0.0332. The van der Waals surface area contributed by atoms with Crippen LogP contribution in [0, 0.1) is 5.82 Å². The third kappa shape index (κ3) is 24.7. The summed E-state index contributed by atoms with van der Waals surface area (Å²) in [6.45, 7) is 6.44. The third-order valence-corrected chi connectivity index (χ3v) is 27.1. The highest BCUT2D eigenvalue weighted by Gasteiger charge is 2.33. The van der Waals surface area contributed by atoms with Gasteiger partial charge < -0.3 is 21.3 Å². The zero-order valence-electron chi connectivity index (χ0n) is 78.3. The number of nitrogens with one attached hydrogen (secondary N) is 5. The van der Waals surface area contributed by atoms with Gasteiger partial charge in [0.15, 0.2) is 52.8 Å². The van der Waals surface area contributed by atoms with Crippen molar-refractivity contribution in [2.75, 3.05) is 40.0 Å². The van der Waals surface area contributed by atoms with Gasteiger partial charge in [0.05, 0.1) is 108 Å². The van der Waals surface area contributed by atoms with E-state index in [9.17, 15) is 51.2 Å². The van der Waals surface area contributed by atoms with E-state index in [2.05, 4.69) is 80.8 Å². The molecule has 0 spiro atoms. The van der Waals surface area contributed by atoms with Crippen molar-refractivity contribution in [1.82, 2.24) is 89.4 Å². The van der Waals surface area contributed by atoms with Crippen LogP contribution in [-0.4, -0.2) is 143 Å². The molecule has 0 aliphatic carbocycles. The topological polar surface area (TPSA) is 416 Å². The molecule has 30 nitrogen and oxygen atoms in total. The summed E-state index contributed by atoms with van der Waals surface area (Å²) in [5.41, 5.74) is 12.3. The molecular weight excluding hydrogens is 1930 g/mol. The van der Waals surface area contributed by atoms with Crippen molar-refractivity contribution >= 4 is 106 Å². The lowest BCUT2D eigenvalue weighted by atomic mass is 10.0. The summed E-state index contributed by atoms with van der Waals surface area (Å²) < 4.78 is 154. The normalized spacial score (nSPS) is 11.7. The lowest BCUT2D eigenvalue weighted by molar-refractivity contribution is -0.141. The van der Waals surface area contributed by atoms with Crippen molar-refractivity contribution in [3.8, 4) is 90.1 Å². The maximum Gasteiger partial charge on any atom is 0.433 e. The fraction of sp³-hybridized carbons (Fsp3) is 0.112. The molecule has 20 rings (SSSR count). The summed E-state index contributed by atoms with van der Waals surface area (Å²) in [5.74, 6) is 3.60. The van der Waals surface area contributed by atoms with Crippen molar-refractivity contribution in [3.05, 3.63) is 382 Å². The molecule has 0 unspecified atom stereocenters. The molecule has 0 aliphatic rings. The minimum atomic E-state index is -4.57. The number of sulfonamides is 1. The zero-order valence-corrected chi connectivity index (χ0v) is 81.5. The molecule has 0 bridgehead atoms. The number of anilines is 4. The van der Waals surface area contributed by atoms with Gasteiger partial charge in [-0.2, -0.15) is 13.2 Å². The Labute approximate surface area is 831 Å². The first kappa shape index (κ1) is 99.5. The molecule has 0 radical (unpaired) electrons. The smallest absolute Gasteiger partial charge is 0.364 e. The number of fused-ring (bicyclic) bond motifs is 4. The highest BCUT2D eigenvalue weighted by atomic mass is 32.2. The van der Waals surface area contributed by atoms with E-state index >= 15 is 0 Å². The highest BCUT2D eigenvalue weighted by molar-refractivity contribution is 7.91. The molecule has 726 valence electrons. The van der Waals surface area contributed by atoms with Crippen LogP contribution in [-0.2, 0) is 71.9 Å². The molecule has 0 fully saturated rings. The van der Waals surface area contributed by atoms with Crippen LogP contribution in [0.3, 0.4) is 0 Å². The Kier molecular flexibility index (Phi) is 29.6. The van der Waals surface area contributed by atoms with E-state index in [0.29, 0.717) is 116 Å². The average Bonchev–Trinajstić information content (AvgIpc) is 0.774. The summed E-state index contributed by atoms with van der Waals surface area (Å²) in [7, 11) is -14.2. The second-order valence-corrected chi connectivity index (χ2v) is 41.8. The van der Waals surface area contributed by atoms with Crippen LogP contribution in [0.4, 0.5) is 40.8 Å². The van der Waals surface area contributed by atoms with Gasteiger partial charge in [-0.1, -0.05) is 182 Å². The summed E-state index contributed by atoms with van der Waals surface area (Å²) in [6.07, 6.45) is 16.4. The van der Waals surface area contributed by atoms with Crippen LogP contribution in [0.25, 0.3) is 134 Å². The van der Waals surface area contributed by atoms with E-state index < -0.39 is 62.8 Å². The van der Waals surface area contributed by atoms with Crippen molar-refractivity contribution in [2.24, 2.45) is 0 Å². The van der Waals surface area contributed by atoms with Gasteiger partial charge in [0.1, 0.15) is 45.5 Å². The monoisotopic (exact) mass is 2010 g/mol. The summed E-state index contributed by atoms with van der Waals surface area (Å²) in [5, 5.41) is 16.4. The number of hydrogen-bond donors (Lipinski definition) is 5. The van der Waals surface area contributed by atoms with Crippen LogP contribution >= 0.6 is 0 Å². The average molecular weight is 2010 g/mol. The number of alkyl halides is 3. The van der Waals surface area contributed by atoms with Gasteiger partial charge in [0.25, 0.3) is 0 Å². The van der Waals surface area contributed by atoms with Crippen LogP contribution in [0.5, 0.6) is 0 Å². The lowest BCUT2D eigenvalue weighted by Gasteiger charge is -2.20. The Bertz CT molecular complexity index is 8640. The Morgan fingerprint density at radius 3 is 0.931 bits per heavy atom. The minimum absolute atomic E-state index is 0.0133. The highest BCUT2D eigenvalue weighted by Crippen LogP contribution is 2.41. The number of halogens is 4. The predicted molar refractivity (Wildman–Crippen MR) is 551 cm³/mol. The maximum atomic E-state index is 13.3. The van der Waals surface area contributed by atoms with Crippen molar-refractivity contribution in [3.63, 3.8) is 0 Å². The summed E-state index contributed by atoms with van der Waals surface area (Å²) >= 11 is 0. The number of pyridine rings is 7. The van der Waals surface area contributed by atoms with Gasteiger partial charge >= 0.3 is 6.18 Å². The third-order valence-electron chi connectivity index (χ3n) is 22.1. The molecule has 38 heteroatoms. The van der Waals surface area contributed by atoms with E-state index in [-0.39, 0.29) is 37.6 Å². The van der Waals surface area contributed by atoms with E-state index in [1.54, 1.807) is 76.0 Å². The van der Waals surface area contributed by atoms with Crippen molar-refractivity contribution in [2.45, 2.75) is 78.2 Å². The first-order valence-corrected chi connectivity index (χ1v) is 52.0. The fourth-order valence-corrected chi connectivity index (χ4v) is 18.6. The van der Waals surface area contributed by atoms with Crippen LogP contribution in [0.2, 0.25) is 0 Å². The molecular formula is C107H88F4N22O8S4. The molecule has 0 saturated heterocycles. The molecule has 5 N–H and O–H groups in total. The maximum absolute atomic E-state index is 13.3. The van der Waals surface area contributed by atoms with E-state index in [4.69, 9.17) is 29.9 Å². The minimum Gasteiger partial charge on any atom is -0.364 e. The van der Waals surface area contributed by atoms with E-state index in [1.165, 1.54) is 73.6 Å². The molecule has 12 heterocycles. The van der Waals surface area contributed by atoms with Gasteiger partial charge in [-0.05, 0) is 156 Å². The standard InChI is InChI=1S/C29H28N6O2S.C27H20F3N5O2S.C26H20FN5O2S.C25H20N6O2S/c1-29(2,3)35-38(36,37)23-16-21(17-30-19-23)27-33-25-14-9-13-24(20-10-5-4-6-11-20)26(25)28(34-27)32-18-22-12-7-8-15-31-22;1-38(36,37)20-13-18(14-31-16-20)25-34-22-11-6-10-21(17-7-3-2-4-8-17)24(22)26(35-25)32-15-19-9-5-12-23(33-19)27(28,29)30;1-35(33,34)21-12-18(13-28-16-21)25-31-23-9-5-8-22(17-6-3-2-4-7-17)24(23)26(32-25)30-15-20-11-10-19(27)14-29-20;1-34(32,33)19-13-18(14-26-15-19)24-30-21-10-5-9-20(17-7-3-2-4-8-17)23(21)25(31-24)29-16-22-27-11-6-12-28-22/h4-17,19,35H,18H2,1-3H3,(H,32,33,34);2-14,16H,15H2,1H3,(H,32,34,35);2-14,16H,15H2,1H3,(H,30,31,32);2-15H,16H2,1H3,(H,29,30,31). The second-order valence-electron chi connectivity index (χ2n) is 34.0. The van der Waals surface area contributed by atoms with Crippen LogP contribution in [0.15, 0.2) is 367 Å². The first-order valence-electron chi connectivity index (χ1n) is 44.8. The van der Waals surface area contributed by atoms with Crippen molar-refractivity contribution in [1.29, 1.82) is 0 Å². The number of hydrogen-bond acceptors (Lipinski definition) is 29. The summed E-state index contributed by atoms with van der Waals surface area (Å²) in [6, 6.07) is 82.8. The Hall–Kier alpha value is -17.1. The second kappa shape index (κ2) is 43.2. The Balaban J connectivity index is 0.000000133. The molecule has 8 aromatic carbocycles. The Morgan fingerprint density at radius 1 is 0.283 bits per heavy atom. The molecule has 20 aromatic rings. The first-order chi connectivity index (χ1) is 69.7. The molecule has 145 heavy (non-hydrogen) atoms. The van der Waals surface area contributed by atoms with Crippen LogP contribution in [0.1, 0.15) is 49.4 Å². The molecule has 0 amide bonds. The van der Waals surface area contributed by atoms with Gasteiger partial charge in [0, 0.05) is 115 Å². The van der Waals surface area contributed by atoms with Gasteiger partial charge in [-0.15, -0.1) is 0 Å². The zero-order chi connectivity index (χ0) is 102. The Morgan fingerprint density at radius 2 is 0.600 bits per heavy atom. The number of benzene rings is 8. The number of nitrogens with zero attached hydrogens (tertiary/aromatic N) is 17. The SMILES string of the molecule is CC(C)(C)NS(=O)(=O)c1cncc(-c2nc(NCc3ccccn3)c3c(-c4ccccc4)cccc3n2)c1.CS(=O)(=O)c1cncc(-c2nc(NCc3ccc(F)cn3)c3c(-c4ccccc4)cccc3n2)c1.CS(=O)(=O)c1cncc(-c2nc(NCc3cccc(C(F)(F)F)n3)c3c(-c4ccccc4)cccc3n2)c1.CS(=O)(=O)c1cncc(-c2nc(NCc3ncccn3)c3c(-c4ccccc4)cccc3n2)c1. The molecule has 0 saturated carbocycles. The van der Waals surface area contributed by atoms with Gasteiger partial charge in [0.2, 0.25) is 10.0 Å². The lowest BCUT2D eigenvalue weighted by Crippen LogP contribution is -2.40. The molecule has 0 aliphatic heterocycles. The predicted octanol–water partition coefficient (Wildman–Crippen LogP) is 20.3. The number of sulfone groups is 3. The van der Waals surface area contributed by atoms with E-state index in [1.807, 2.05) is 206 Å². The van der Waals surface area contributed by atoms with Crippen molar-refractivity contribution < 1.29 is 51.2 Å². The molecule has 12 aromatic heterocycles. The van der Waals surface area contributed by atoms with Gasteiger partial charge in [-0.25, -0.2) is 97.6 Å². The number of rotatable bonds is 25. The van der Waals surface area contributed by atoms with Crippen LogP contribution < -0.4 is 26.0 Å². The summed E-state index contributed by atoms with van der Waals surface area (Å²) in [4.78, 5) is 75.5. The largest absolute Gasteiger partial charge is 0.433 e. The number of aromatic nitrogens is 17. The van der Waals surface area contributed by atoms with E-state index in [0.717, 1.165) is 103 Å². The fourth-order valence-electron chi connectivity index (χ4n) is 15.4. The molecule has 0 atom stereocenters.